The van der Waals surface area contributed by atoms with Crippen LogP contribution in [-0.4, -0.2) is 33.4 Å². The van der Waals surface area contributed by atoms with E-state index in [0.29, 0.717) is 35.2 Å². The molecule has 126 valence electrons. The van der Waals surface area contributed by atoms with E-state index < -0.39 is 0 Å². The highest BCUT2D eigenvalue weighted by Crippen LogP contribution is 2.32. The van der Waals surface area contributed by atoms with Gasteiger partial charge in [-0.15, -0.1) is 11.8 Å². The van der Waals surface area contributed by atoms with E-state index in [1.54, 1.807) is 18.7 Å². The van der Waals surface area contributed by atoms with Gasteiger partial charge in [0, 0.05) is 17.4 Å². The summed E-state index contributed by atoms with van der Waals surface area (Å²) in [5, 5.41) is 11.0. The number of aromatic nitrogens is 4. The van der Waals surface area contributed by atoms with Gasteiger partial charge in [0.15, 0.2) is 11.6 Å². The Balaban J connectivity index is 1.76. The average Bonchev–Trinajstić information content (AvgIpc) is 3.22. The molecule has 3 rings (SSSR count). The molecule has 3 aromatic rings. The summed E-state index contributed by atoms with van der Waals surface area (Å²) in [6.07, 6.45) is 0.719. The Morgan fingerprint density at radius 3 is 2.75 bits per heavy atom. The number of nitrogens with zero attached hydrogens (tertiary/aromatic N) is 4. The number of hydrogen-bond acceptors (Lipinski definition) is 8. The molecule has 1 atom stereocenters. The van der Waals surface area contributed by atoms with Crippen molar-refractivity contribution in [1.82, 2.24) is 25.6 Å². The number of hydrogen-bond donors (Lipinski definition) is 1. The quantitative estimate of drug-likeness (QED) is 0.654. The third kappa shape index (κ3) is 4.01. The van der Waals surface area contributed by atoms with Crippen molar-refractivity contribution in [3.8, 4) is 11.5 Å². The maximum atomic E-state index is 5.44. The van der Waals surface area contributed by atoms with Crippen LogP contribution in [0.1, 0.15) is 24.5 Å². The number of benzene rings is 1. The molecule has 7 nitrogen and oxygen atoms in total. The highest BCUT2D eigenvalue weighted by Gasteiger charge is 2.15. The first-order valence-corrected chi connectivity index (χ1v) is 8.65. The van der Waals surface area contributed by atoms with E-state index >= 15 is 0 Å². The molecule has 0 saturated carbocycles. The summed E-state index contributed by atoms with van der Waals surface area (Å²) in [4.78, 5) is 9.76. The first kappa shape index (κ1) is 16.7. The monoisotopic (exact) mass is 345 g/mol. The molecule has 1 aromatic carbocycles. The molecule has 0 amide bonds. The normalized spacial score (nSPS) is 12.5. The second-order valence-corrected chi connectivity index (χ2v) is 6.45. The van der Waals surface area contributed by atoms with Crippen LogP contribution in [0.4, 0.5) is 0 Å². The molecule has 0 radical (unpaired) electrons. The summed E-state index contributed by atoms with van der Waals surface area (Å²) in [5.74, 6) is 3.05. The minimum absolute atomic E-state index is 0.292. The summed E-state index contributed by atoms with van der Waals surface area (Å²) in [5.41, 5.74) is 0.912. The van der Waals surface area contributed by atoms with Gasteiger partial charge >= 0.3 is 0 Å². The van der Waals surface area contributed by atoms with Crippen LogP contribution in [0.25, 0.3) is 11.5 Å². The number of likely N-dealkylation sites (N-methyl/N-ethyl adjacent to an activating group) is 1. The van der Waals surface area contributed by atoms with Crippen molar-refractivity contribution in [3.05, 3.63) is 41.8 Å². The number of thioether (sulfide) groups is 1. The molecule has 0 saturated heterocycles. The fraction of sp³-hybridized carbons (Fsp3) is 0.375. The summed E-state index contributed by atoms with van der Waals surface area (Å²) >= 11 is 1.60. The van der Waals surface area contributed by atoms with E-state index in [-0.39, 0.29) is 0 Å². The lowest BCUT2D eigenvalue weighted by Crippen LogP contribution is -2.24. The summed E-state index contributed by atoms with van der Waals surface area (Å²) in [7, 11) is 1.91. The third-order valence-electron chi connectivity index (χ3n) is 3.49. The van der Waals surface area contributed by atoms with Crippen molar-refractivity contribution >= 4 is 11.8 Å². The largest absolute Gasteiger partial charge is 0.338 e. The van der Waals surface area contributed by atoms with E-state index in [1.165, 1.54) is 0 Å². The summed E-state index contributed by atoms with van der Waals surface area (Å²) in [6, 6.07) is 8.21. The lowest BCUT2D eigenvalue weighted by Gasteiger charge is -2.05. The molecular formula is C16H19N5O2S. The molecular weight excluding hydrogens is 326 g/mol. The van der Waals surface area contributed by atoms with Gasteiger partial charge in [0.1, 0.15) is 0 Å². The standard InChI is InChI=1S/C16H19N5O2S/c1-10(17-3)8-14-19-16(23-21-14)12-6-4-5-7-13(12)24-9-15-18-11(2)20-22-15/h4-7,10,17H,8-9H2,1-3H3. The van der Waals surface area contributed by atoms with E-state index in [1.807, 2.05) is 31.3 Å². The minimum atomic E-state index is 0.292. The van der Waals surface area contributed by atoms with E-state index in [2.05, 4.69) is 32.5 Å². The Kier molecular flexibility index (Phi) is 5.27. The van der Waals surface area contributed by atoms with Crippen molar-refractivity contribution in [1.29, 1.82) is 0 Å². The Morgan fingerprint density at radius 1 is 1.17 bits per heavy atom. The maximum absolute atomic E-state index is 5.44. The summed E-state index contributed by atoms with van der Waals surface area (Å²) in [6.45, 7) is 3.88. The van der Waals surface area contributed by atoms with Gasteiger partial charge in [0.25, 0.3) is 5.89 Å². The van der Waals surface area contributed by atoms with Gasteiger partial charge in [-0.25, -0.2) is 0 Å². The molecule has 0 aliphatic heterocycles. The van der Waals surface area contributed by atoms with Gasteiger partial charge in [-0.05, 0) is 33.0 Å². The second kappa shape index (κ2) is 7.59. The third-order valence-corrected chi connectivity index (χ3v) is 4.55. The van der Waals surface area contributed by atoms with E-state index in [4.69, 9.17) is 9.05 Å². The van der Waals surface area contributed by atoms with Crippen LogP contribution < -0.4 is 5.32 Å². The fourth-order valence-corrected chi connectivity index (χ4v) is 3.01. The predicted octanol–water partition coefficient (Wildman–Crippen LogP) is 2.87. The van der Waals surface area contributed by atoms with Crippen LogP contribution in [0.3, 0.4) is 0 Å². The number of rotatable bonds is 7. The molecule has 0 aliphatic carbocycles. The van der Waals surface area contributed by atoms with E-state index in [0.717, 1.165) is 16.9 Å². The van der Waals surface area contributed by atoms with Gasteiger partial charge in [-0.1, -0.05) is 22.4 Å². The molecule has 1 unspecified atom stereocenters. The average molecular weight is 345 g/mol. The van der Waals surface area contributed by atoms with Gasteiger partial charge in [0.05, 0.1) is 11.3 Å². The molecule has 0 spiro atoms. The molecule has 8 heteroatoms. The molecule has 24 heavy (non-hydrogen) atoms. The van der Waals surface area contributed by atoms with Crippen molar-refractivity contribution in [2.45, 2.75) is 37.0 Å². The molecule has 0 fully saturated rings. The zero-order chi connectivity index (χ0) is 16.9. The van der Waals surface area contributed by atoms with Crippen molar-refractivity contribution in [2.75, 3.05) is 7.05 Å². The smallest absolute Gasteiger partial charge is 0.259 e. The second-order valence-electron chi connectivity index (χ2n) is 5.43. The van der Waals surface area contributed by atoms with Crippen molar-refractivity contribution in [2.24, 2.45) is 0 Å². The number of nitrogens with one attached hydrogen (secondary N) is 1. The zero-order valence-corrected chi connectivity index (χ0v) is 14.6. The van der Waals surface area contributed by atoms with Crippen LogP contribution in [-0.2, 0) is 12.2 Å². The predicted molar refractivity (Wildman–Crippen MR) is 90.6 cm³/mol. The lowest BCUT2D eigenvalue weighted by molar-refractivity contribution is 0.387. The highest BCUT2D eigenvalue weighted by atomic mass is 32.2. The van der Waals surface area contributed by atoms with Crippen LogP contribution in [0.2, 0.25) is 0 Å². The molecule has 0 bridgehead atoms. The SMILES string of the molecule is CNC(C)Cc1noc(-c2ccccc2SCc2nc(C)no2)n1. The Bertz CT molecular complexity index is 801. The summed E-state index contributed by atoms with van der Waals surface area (Å²) < 4.78 is 10.6. The first-order chi connectivity index (χ1) is 11.7. The Labute approximate surface area is 144 Å². The Morgan fingerprint density at radius 2 is 2.00 bits per heavy atom. The molecule has 0 aliphatic rings. The van der Waals surface area contributed by atoms with E-state index in [9.17, 15) is 0 Å². The van der Waals surface area contributed by atoms with Gasteiger partial charge in [-0.3, -0.25) is 0 Å². The molecule has 2 aromatic heterocycles. The highest BCUT2D eigenvalue weighted by molar-refractivity contribution is 7.98. The topological polar surface area (TPSA) is 89.9 Å². The van der Waals surface area contributed by atoms with Crippen LogP contribution in [0.15, 0.2) is 38.2 Å². The van der Waals surface area contributed by atoms with Crippen LogP contribution >= 0.6 is 11.8 Å². The minimum Gasteiger partial charge on any atom is -0.338 e. The number of aryl methyl sites for hydroxylation is 1. The Hall–Kier alpha value is -2.19. The molecule has 2 heterocycles. The van der Waals surface area contributed by atoms with Crippen molar-refractivity contribution < 1.29 is 9.05 Å². The fourth-order valence-electron chi connectivity index (χ4n) is 2.13. The molecule has 1 N–H and O–H groups in total. The van der Waals surface area contributed by atoms with Crippen LogP contribution in [0, 0.1) is 6.92 Å². The lowest BCUT2D eigenvalue weighted by atomic mass is 10.2. The maximum Gasteiger partial charge on any atom is 0.259 e. The van der Waals surface area contributed by atoms with Gasteiger partial charge < -0.3 is 14.4 Å². The van der Waals surface area contributed by atoms with Crippen LogP contribution in [0.5, 0.6) is 0 Å². The zero-order valence-electron chi connectivity index (χ0n) is 13.8. The first-order valence-electron chi connectivity index (χ1n) is 7.67. The van der Waals surface area contributed by atoms with Gasteiger partial charge in [-0.2, -0.15) is 9.97 Å². The van der Waals surface area contributed by atoms with Gasteiger partial charge in [0.2, 0.25) is 5.89 Å². The van der Waals surface area contributed by atoms with Crippen molar-refractivity contribution in [3.63, 3.8) is 0 Å².